The first kappa shape index (κ1) is 27.0. The van der Waals surface area contributed by atoms with Gasteiger partial charge in [0.25, 0.3) is 0 Å². The maximum Gasteiger partial charge on any atom is 0.420 e. The summed E-state index contributed by atoms with van der Waals surface area (Å²) in [5.41, 5.74) is 18.8. The summed E-state index contributed by atoms with van der Waals surface area (Å²) in [6.07, 6.45) is -0.374. The molecule has 2 amide bonds. The summed E-state index contributed by atoms with van der Waals surface area (Å²) >= 11 is 0. The van der Waals surface area contributed by atoms with Gasteiger partial charge in [-0.2, -0.15) is 5.26 Å². The van der Waals surface area contributed by atoms with E-state index in [9.17, 15) is 14.2 Å². The molecular formula is C13H26N7O6P. The number of carbonyl (C=O) groups is 2. The van der Waals surface area contributed by atoms with Crippen molar-refractivity contribution in [3.8, 4) is 6.07 Å². The number of hydrogen-bond donors (Lipinski definition) is 3. The molecule has 5 N–H and O–H groups in total. The third-order valence-electron chi connectivity index (χ3n) is 2.76. The molecule has 27 heavy (non-hydrogen) atoms. The van der Waals surface area contributed by atoms with Crippen LogP contribution in [0.1, 0.15) is 26.2 Å². The van der Waals surface area contributed by atoms with Crippen LogP contribution in [0.25, 0.3) is 10.4 Å². The van der Waals surface area contributed by atoms with Gasteiger partial charge in [0.05, 0.1) is 37.8 Å². The van der Waals surface area contributed by atoms with Crippen molar-refractivity contribution in [3.63, 3.8) is 0 Å². The molecule has 0 radical (unpaired) electrons. The lowest BCUT2D eigenvalue weighted by atomic mass is 10.2. The van der Waals surface area contributed by atoms with Crippen LogP contribution in [0.5, 0.6) is 0 Å². The van der Waals surface area contributed by atoms with Crippen molar-refractivity contribution < 1.29 is 27.9 Å². The van der Waals surface area contributed by atoms with E-state index < -0.39 is 25.8 Å². The van der Waals surface area contributed by atoms with Crippen molar-refractivity contribution in [1.82, 2.24) is 5.32 Å². The summed E-state index contributed by atoms with van der Waals surface area (Å²) < 4.78 is 26.6. The van der Waals surface area contributed by atoms with Gasteiger partial charge in [0.2, 0.25) is 11.8 Å². The van der Waals surface area contributed by atoms with Crippen LogP contribution in [0.15, 0.2) is 4.88 Å². The Morgan fingerprint density at radius 2 is 2.07 bits per heavy atom. The second kappa shape index (κ2) is 16.0. The number of primary amides is 1. The molecule has 154 valence electrons. The van der Waals surface area contributed by atoms with Gasteiger partial charge in [-0.3, -0.25) is 18.7 Å². The minimum absolute atomic E-state index is 0.00675. The monoisotopic (exact) mass is 407 g/mol. The van der Waals surface area contributed by atoms with E-state index in [1.807, 2.05) is 0 Å². The van der Waals surface area contributed by atoms with E-state index in [0.29, 0.717) is 0 Å². The van der Waals surface area contributed by atoms with Crippen LogP contribution in [-0.2, 0) is 27.9 Å². The summed E-state index contributed by atoms with van der Waals surface area (Å²) in [4.78, 5) is 25.9. The second-order valence-electron chi connectivity index (χ2n) is 4.96. The predicted molar refractivity (Wildman–Crippen MR) is 95.8 cm³/mol. The Bertz CT molecular complexity index is 590. The van der Waals surface area contributed by atoms with E-state index in [-0.39, 0.29) is 38.4 Å². The number of rotatable bonds is 12. The van der Waals surface area contributed by atoms with Crippen LogP contribution in [-0.4, -0.2) is 51.3 Å². The normalized spacial score (nSPS) is 14.2. The van der Waals surface area contributed by atoms with Crippen LogP contribution >= 0.6 is 7.75 Å². The zero-order valence-corrected chi connectivity index (χ0v) is 16.4. The number of ether oxygens (including phenoxy) is 1. The first-order valence-corrected chi connectivity index (χ1v) is 9.25. The Hall–Kier alpha value is -2.19. The van der Waals surface area contributed by atoms with Crippen molar-refractivity contribution in [3.05, 3.63) is 10.4 Å². The summed E-state index contributed by atoms with van der Waals surface area (Å²) in [7, 11) is -0.983. The molecule has 0 saturated heterocycles. The summed E-state index contributed by atoms with van der Waals surface area (Å²) in [6, 6.07) is 1.25. The van der Waals surface area contributed by atoms with E-state index in [1.54, 1.807) is 13.0 Å². The summed E-state index contributed by atoms with van der Waals surface area (Å²) in [5, 5.41) is 10.7. The van der Waals surface area contributed by atoms with Crippen LogP contribution in [0.2, 0.25) is 0 Å². The molecule has 14 heteroatoms. The van der Waals surface area contributed by atoms with Crippen molar-refractivity contribution in [1.29, 1.82) is 5.26 Å². The molecule has 0 aliphatic heterocycles. The molecule has 0 aromatic rings. The van der Waals surface area contributed by atoms with E-state index in [4.69, 9.17) is 36.0 Å². The molecule has 0 aromatic heterocycles. The van der Waals surface area contributed by atoms with Crippen molar-refractivity contribution >= 4 is 19.6 Å². The van der Waals surface area contributed by atoms with Gasteiger partial charge in [0.15, 0.2) is 0 Å². The smallest absolute Gasteiger partial charge is 0.383 e. The number of azide groups is 1. The molecule has 0 aromatic carbocycles. The van der Waals surface area contributed by atoms with E-state index >= 15 is 0 Å². The van der Waals surface area contributed by atoms with Gasteiger partial charge in [0.1, 0.15) is 0 Å². The topological polar surface area (TPSA) is 216 Å². The number of nitrogens with two attached hydrogens (primary N) is 2. The zero-order valence-electron chi connectivity index (χ0n) is 15.5. The van der Waals surface area contributed by atoms with Crippen LogP contribution in [0, 0.1) is 11.3 Å². The van der Waals surface area contributed by atoms with Gasteiger partial charge in [-0.1, -0.05) is 0 Å². The van der Waals surface area contributed by atoms with Crippen molar-refractivity contribution in [2.45, 2.75) is 38.3 Å². The highest BCUT2D eigenvalue weighted by Gasteiger charge is 2.28. The number of carbonyl (C=O) groups excluding carboxylic acids is 2. The number of nitrogens with one attached hydrogen (secondary N) is 1. The number of hydrogen-bond acceptors (Lipinski definition) is 8. The average Bonchev–Trinajstić information content (AvgIpc) is 2.60. The third-order valence-corrected chi connectivity index (χ3v) is 4.16. The summed E-state index contributed by atoms with van der Waals surface area (Å²) in [6.45, 7) is 1.59. The molecule has 1 unspecified atom stereocenters. The molecule has 0 aliphatic carbocycles. The third kappa shape index (κ3) is 15.8. The van der Waals surface area contributed by atoms with E-state index in [1.165, 1.54) is 14.2 Å². The van der Waals surface area contributed by atoms with Crippen LogP contribution < -0.4 is 16.8 Å². The minimum Gasteiger partial charge on any atom is -0.383 e. The lowest BCUT2D eigenvalue weighted by Crippen LogP contribution is -2.37. The van der Waals surface area contributed by atoms with Gasteiger partial charge >= 0.3 is 7.75 Å². The fourth-order valence-corrected chi connectivity index (χ4v) is 2.46. The molecule has 0 heterocycles. The lowest BCUT2D eigenvalue weighted by molar-refractivity contribution is -0.124. The number of nitrogens with zero attached hydrogens (tertiary/aromatic N) is 4. The van der Waals surface area contributed by atoms with Crippen molar-refractivity contribution in [2.75, 3.05) is 27.4 Å². The highest BCUT2D eigenvalue weighted by atomic mass is 31.2. The maximum absolute atomic E-state index is 11.9. The Kier molecular flexibility index (Phi) is 16.0. The van der Waals surface area contributed by atoms with Gasteiger partial charge in [-0.25, -0.2) is 0 Å². The van der Waals surface area contributed by atoms with Crippen LogP contribution in [0.3, 0.4) is 0 Å². The number of nitriles is 1. The number of amides is 2. The SMILES string of the molecule is CNC(=O)CCC(N)=O.COC[C@H](N)[C@H](C)OP(=O)(N=[N+]=[N-])OCCC#N. The second-order valence-corrected chi connectivity index (χ2v) is 6.54. The molecule has 0 saturated carbocycles. The highest BCUT2D eigenvalue weighted by Crippen LogP contribution is 2.51. The molecule has 0 aliphatic rings. The average molecular weight is 407 g/mol. The molecular weight excluding hydrogens is 381 g/mol. The maximum atomic E-state index is 11.9. The zero-order chi connectivity index (χ0) is 21.3. The van der Waals surface area contributed by atoms with Crippen molar-refractivity contribution in [2.24, 2.45) is 16.4 Å². The molecule has 0 fully saturated rings. The molecule has 3 atom stereocenters. The van der Waals surface area contributed by atoms with Gasteiger partial charge in [0, 0.05) is 36.8 Å². The largest absolute Gasteiger partial charge is 0.420 e. The fourth-order valence-electron chi connectivity index (χ4n) is 1.31. The van der Waals surface area contributed by atoms with E-state index in [2.05, 4.69) is 15.1 Å². The molecule has 13 nitrogen and oxygen atoms in total. The molecule has 0 spiro atoms. The highest BCUT2D eigenvalue weighted by molar-refractivity contribution is 7.52. The Morgan fingerprint density at radius 3 is 2.52 bits per heavy atom. The predicted octanol–water partition coefficient (Wildman–Crippen LogP) is 0.712. The molecule has 0 bridgehead atoms. The molecule has 0 rings (SSSR count). The number of methoxy groups -OCH3 is 1. The minimum atomic E-state index is -3.96. The Morgan fingerprint density at radius 1 is 1.44 bits per heavy atom. The van der Waals surface area contributed by atoms with E-state index in [0.717, 1.165) is 0 Å². The first-order valence-electron chi connectivity index (χ1n) is 7.75. The fraction of sp³-hybridized carbons (Fsp3) is 0.769. The Labute approximate surface area is 157 Å². The van der Waals surface area contributed by atoms with Crippen LogP contribution in [0.4, 0.5) is 0 Å². The summed E-state index contributed by atoms with van der Waals surface area (Å²) in [5.74, 6) is -0.604. The lowest BCUT2D eigenvalue weighted by Gasteiger charge is -2.22. The standard InChI is InChI=1S/C8H16N5O4P.C5H10N2O2/c1-7(8(10)6-15-2)17-18(14,13-12-11)16-5-3-4-9;1-7-5(9)3-2-4(6)8/h7-8H,3,5-6,10H2,1-2H3;2-3H2,1H3,(H2,6,8)(H,7,9)/t7-,8-,18?;/m0./s1. The Balaban J connectivity index is 0. The van der Waals surface area contributed by atoms with Gasteiger partial charge < -0.3 is 26.0 Å². The van der Waals surface area contributed by atoms with Gasteiger partial charge in [-0.15, -0.1) is 0 Å². The quantitative estimate of drug-likeness (QED) is 0.137. The van der Waals surface area contributed by atoms with Gasteiger partial charge in [-0.05, 0) is 12.5 Å². The first-order chi connectivity index (χ1) is 12.7.